The highest BCUT2D eigenvalue weighted by molar-refractivity contribution is 6.21. The molecule has 1 aromatic rings. The number of alkyl halides is 2. The highest BCUT2D eigenvalue weighted by Crippen LogP contribution is 2.35. The van der Waals surface area contributed by atoms with E-state index in [-0.39, 0.29) is 0 Å². The van der Waals surface area contributed by atoms with E-state index in [9.17, 15) is 19.6 Å². The number of aliphatic hydroxyl groups is 1. The van der Waals surface area contributed by atoms with Gasteiger partial charge in [-0.3, -0.25) is 0 Å². The summed E-state index contributed by atoms with van der Waals surface area (Å²) in [7, 11) is 0. The molecular formula is C8H9ClFN3O4. The zero-order valence-electron chi connectivity index (χ0n) is 8.44. The maximum absolute atomic E-state index is 12.5. The average molecular weight is 266 g/mol. The Labute approximate surface area is 99.9 Å². The van der Waals surface area contributed by atoms with Crippen molar-refractivity contribution in [3.63, 3.8) is 0 Å². The van der Waals surface area contributed by atoms with E-state index in [0.29, 0.717) is 0 Å². The van der Waals surface area contributed by atoms with Gasteiger partial charge in [0.15, 0.2) is 0 Å². The number of imidazole rings is 1. The van der Waals surface area contributed by atoms with Crippen molar-refractivity contribution in [2.75, 3.05) is 6.67 Å². The van der Waals surface area contributed by atoms with Crippen LogP contribution in [0.2, 0.25) is 0 Å². The Hall–Kier alpha value is -1.25. The van der Waals surface area contributed by atoms with Gasteiger partial charge in [0.05, 0.1) is 0 Å². The molecule has 0 radical (unpaired) electrons. The first-order valence-electron chi connectivity index (χ1n) is 4.77. The smallest absolute Gasteiger partial charge is 0.390 e. The molecular weight excluding hydrogens is 257 g/mol. The van der Waals surface area contributed by atoms with Crippen LogP contribution in [0.4, 0.5) is 10.3 Å². The second-order valence-corrected chi connectivity index (χ2v) is 4.05. The second kappa shape index (κ2) is 4.55. The zero-order valence-corrected chi connectivity index (χ0v) is 9.20. The standard InChI is InChI=1S/C8H9ClFN3O4/c9-5-6(14)4(3-10)17-7(5)12-2-1-11-8(12)13(15)16/h1-2,4-7,14H,3H2/t4-,5-,6-,7?/m1/s1. The first-order valence-corrected chi connectivity index (χ1v) is 5.20. The molecule has 7 nitrogen and oxygen atoms in total. The molecule has 0 aromatic carbocycles. The fourth-order valence-corrected chi connectivity index (χ4v) is 2.04. The molecule has 1 aromatic heterocycles. The van der Waals surface area contributed by atoms with Crippen molar-refractivity contribution in [1.82, 2.24) is 9.55 Å². The lowest BCUT2D eigenvalue weighted by molar-refractivity contribution is -0.398. The normalized spacial score (nSPS) is 32.9. The van der Waals surface area contributed by atoms with Gasteiger partial charge < -0.3 is 20.0 Å². The molecule has 9 heteroatoms. The van der Waals surface area contributed by atoms with Gasteiger partial charge in [0, 0.05) is 0 Å². The first-order chi connectivity index (χ1) is 8.06. The molecule has 17 heavy (non-hydrogen) atoms. The highest BCUT2D eigenvalue weighted by Gasteiger charge is 2.46. The minimum Gasteiger partial charge on any atom is -0.390 e. The summed E-state index contributed by atoms with van der Waals surface area (Å²) in [5.74, 6) is -0.465. The summed E-state index contributed by atoms with van der Waals surface area (Å²) in [6.07, 6.45) is -0.792. The van der Waals surface area contributed by atoms with Gasteiger partial charge in [-0.15, -0.1) is 11.6 Å². The van der Waals surface area contributed by atoms with Crippen molar-refractivity contribution >= 4 is 17.5 Å². The molecule has 0 bridgehead atoms. The summed E-state index contributed by atoms with van der Waals surface area (Å²) in [6, 6.07) is 0. The van der Waals surface area contributed by atoms with Gasteiger partial charge in [-0.2, -0.15) is 0 Å². The van der Waals surface area contributed by atoms with Crippen LogP contribution in [0.5, 0.6) is 0 Å². The van der Waals surface area contributed by atoms with E-state index in [0.717, 1.165) is 4.57 Å². The number of aliphatic hydroxyl groups excluding tert-OH is 1. The number of nitrogens with zero attached hydrogens (tertiary/aromatic N) is 3. The molecule has 0 saturated carbocycles. The summed E-state index contributed by atoms with van der Waals surface area (Å²) in [6.45, 7) is -0.913. The third-order valence-electron chi connectivity index (χ3n) is 2.53. The summed E-state index contributed by atoms with van der Waals surface area (Å²) in [5.41, 5.74) is 0. The van der Waals surface area contributed by atoms with Crippen molar-refractivity contribution < 1.29 is 19.2 Å². The second-order valence-electron chi connectivity index (χ2n) is 3.55. The minimum absolute atomic E-state index is 0.465. The SMILES string of the molecule is O=[N+]([O-])c1nccn1C1O[C@H](CF)[C@@H](O)[C@H]1Cl. The minimum atomic E-state index is -1.21. The summed E-state index contributed by atoms with van der Waals surface area (Å²) < 4.78 is 18.7. The van der Waals surface area contributed by atoms with Crippen LogP contribution in [-0.2, 0) is 4.74 Å². The molecule has 94 valence electrons. The largest absolute Gasteiger partial charge is 0.436 e. The van der Waals surface area contributed by atoms with Gasteiger partial charge in [0.2, 0.25) is 6.23 Å². The van der Waals surface area contributed by atoms with Gasteiger partial charge >= 0.3 is 5.95 Å². The number of hydrogen-bond acceptors (Lipinski definition) is 5. The molecule has 1 unspecified atom stereocenters. The lowest BCUT2D eigenvalue weighted by atomic mass is 10.2. The van der Waals surface area contributed by atoms with Crippen molar-refractivity contribution in [2.24, 2.45) is 0 Å². The molecule has 4 atom stereocenters. The monoisotopic (exact) mass is 265 g/mol. The number of halogens is 2. The Morgan fingerprint density at radius 3 is 3.00 bits per heavy atom. The van der Waals surface area contributed by atoms with Gasteiger partial charge in [0.1, 0.15) is 36.7 Å². The van der Waals surface area contributed by atoms with Crippen LogP contribution in [0.3, 0.4) is 0 Å². The highest BCUT2D eigenvalue weighted by atomic mass is 35.5. The maximum atomic E-state index is 12.5. The van der Waals surface area contributed by atoms with Gasteiger partial charge in [0.25, 0.3) is 0 Å². The fourth-order valence-electron chi connectivity index (χ4n) is 1.70. The van der Waals surface area contributed by atoms with Crippen LogP contribution in [0.15, 0.2) is 12.4 Å². The molecule has 2 heterocycles. The Morgan fingerprint density at radius 2 is 2.47 bits per heavy atom. The van der Waals surface area contributed by atoms with Crippen molar-refractivity contribution in [3.05, 3.63) is 22.5 Å². The average Bonchev–Trinajstić information content (AvgIpc) is 2.86. The third kappa shape index (κ3) is 1.99. The van der Waals surface area contributed by atoms with Crippen LogP contribution in [0, 0.1) is 10.1 Å². The van der Waals surface area contributed by atoms with Gasteiger partial charge in [-0.1, -0.05) is 4.98 Å². The molecule has 1 saturated heterocycles. The molecule has 1 fully saturated rings. The maximum Gasteiger partial charge on any atom is 0.436 e. The first kappa shape index (κ1) is 12.2. The Bertz CT molecular complexity index is 429. The van der Waals surface area contributed by atoms with Crippen molar-refractivity contribution in [3.8, 4) is 0 Å². The van der Waals surface area contributed by atoms with E-state index in [1.165, 1.54) is 12.4 Å². The molecule has 1 aliphatic heterocycles. The molecule has 1 N–H and O–H groups in total. The predicted octanol–water partition coefficient (Wildman–Crippen LogP) is 0.626. The van der Waals surface area contributed by atoms with E-state index in [1.807, 2.05) is 0 Å². The molecule has 0 spiro atoms. The van der Waals surface area contributed by atoms with E-state index >= 15 is 0 Å². The predicted molar refractivity (Wildman–Crippen MR) is 54.4 cm³/mol. The molecule has 1 aliphatic rings. The van der Waals surface area contributed by atoms with Crippen molar-refractivity contribution in [2.45, 2.75) is 23.8 Å². The van der Waals surface area contributed by atoms with E-state index in [1.54, 1.807) is 0 Å². The molecule has 2 rings (SSSR count). The fraction of sp³-hybridized carbons (Fsp3) is 0.625. The molecule has 0 amide bonds. The van der Waals surface area contributed by atoms with Crippen LogP contribution >= 0.6 is 11.6 Å². The number of rotatable bonds is 3. The van der Waals surface area contributed by atoms with E-state index < -0.39 is 41.4 Å². The van der Waals surface area contributed by atoms with Gasteiger partial charge in [-0.05, 0) is 4.92 Å². The van der Waals surface area contributed by atoms with Crippen LogP contribution in [0.1, 0.15) is 6.23 Å². The quantitative estimate of drug-likeness (QED) is 0.492. The van der Waals surface area contributed by atoms with Crippen molar-refractivity contribution in [1.29, 1.82) is 0 Å². The number of aromatic nitrogens is 2. The van der Waals surface area contributed by atoms with Crippen LogP contribution in [0.25, 0.3) is 0 Å². The Kier molecular flexibility index (Phi) is 3.27. The number of ether oxygens (including phenoxy) is 1. The Balaban J connectivity index is 2.29. The van der Waals surface area contributed by atoms with Crippen LogP contribution in [-0.4, -0.2) is 43.8 Å². The topological polar surface area (TPSA) is 90.4 Å². The summed E-state index contributed by atoms with van der Waals surface area (Å²) in [5, 5.41) is 19.3. The summed E-state index contributed by atoms with van der Waals surface area (Å²) >= 11 is 5.86. The lowest BCUT2D eigenvalue weighted by Gasteiger charge is -2.12. The third-order valence-corrected chi connectivity index (χ3v) is 3.01. The zero-order chi connectivity index (χ0) is 12.6. The van der Waals surface area contributed by atoms with E-state index in [2.05, 4.69) is 4.98 Å². The van der Waals surface area contributed by atoms with E-state index in [4.69, 9.17) is 16.3 Å². The lowest BCUT2D eigenvalue weighted by Crippen LogP contribution is -2.28. The summed E-state index contributed by atoms with van der Waals surface area (Å²) in [4.78, 5) is 13.5. The number of hydrogen-bond donors (Lipinski definition) is 1. The number of nitro groups is 1. The Morgan fingerprint density at radius 1 is 1.76 bits per heavy atom. The van der Waals surface area contributed by atoms with Gasteiger partial charge in [-0.25, -0.2) is 8.96 Å². The molecule has 0 aliphatic carbocycles. The van der Waals surface area contributed by atoms with Crippen LogP contribution < -0.4 is 0 Å².